The second-order valence-corrected chi connectivity index (χ2v) is 6.75. The Morgan fingerprint density at radius 2 is 2.20 bits per heavy atom. The zero-order valence-corrected chi connectivity index (χ0v) is 14.5. The predicted octanol–water partition coefficient (Wildman–Crippen LogP) is 1.35. The molecule has 1 atom stereocenters. The van der Waals surface area contributed by atoms with Gasteiger partial charge in [0.2, 0.25) is 11.7 Å². The van der Waals surface area contributed by atoms with Crippen molar-refractivity contribution in [2.24, 2.45) is 0 Å². The van der Waals surface area contributed by atoms with Gasteiger partial charge in [0.1, 0.15) is 0 Å². The third-order valence-electron chi connectivity index (χ3n) is 4.31. The van der Waals surface area contributed by atoms with Gasteiger partial charge >= 0.3 is 0 Å². The SMILES string of the molecule is CC(C)c1cc(C(=O)NC[C@]2(O)CCCN(c3ncccn3)C2)on1. The Kier molecular flexibility index (Phi) is 4.98. The third kappa shape index (κ3) is 4.14. The van der Waals surface area contributed by atoms with Crippen LogP contribution < -0.4 is 10.2 Å². The average Bonchev–Trinajstić information content (AvgIpc) is 3.11. The number of piperidine rings is 1. The summed E-state index contributed by atoms with van der Waals surface area (Å²) in [7, 11) is 0. The van der Waals surface area contributed by atoms with E-state index in [-0.39, 0.29) is 24.1 Å². The quantitative estimate of drug-likeness (QED) is 0.843. The van der Waals surface area contributed by atoms with Gasteiger partial charge in [0.15, 0.2) is 0 Å². The van der Waals surface area contributed by atoms with Gasteiger partial charge in [-0.25, -0.2) is 9.97 Å². The largest absolute Gasteiger partial charge is 0.386 e. The molecule has 3 rings (SSSR count). The number of aromatic nitrogens is 3. The highest BCUT2D eigenvalue weighted by atomic mass is 16.5. The van der Waals surface area contributed by atoms with E-state index in [1.807, 2.05) is 18.7 Å². The molecule has 0 bridgehead atoms. The molecular weight excluding hydrogens is 322 g/mol. The summed E-state index contributed by atoms with van der Waals surface area (Å²) in [6.45, 7) is 5.23. The lowest BCUT2D eigenvalue weighted by Gasteiger charge is -2.39. The average molecular weight is 345 g/mol. The topological polar surface area (TPSA) is 104 Å². The zero-order chi connectivity index (χ0) is 17.9. The molecule has 8 heteroatoms. The van der Waals surface area contributed by atoms with Crippen LogP contribution in [0.25, 0.3) is 0 Å². The zero-order valence-electron chi connectivity index (χ0n) is 14.5. The minimum absolute atomic E-state index is 0.132. The fraction of sp³-hybridized carbons (Fsp3) is 0.529. The maximum absolute atomic E-state index is 12.2. The lowest BCUT2D eigenvalue weighted by atomic mass is 9.93. The molecule has 2 aromatic heterocycles. The molecule has 1 amide bonds. The van der Waals surface area contributed by atoms with Crippen LogP contribution >= 0.6 is 0 Å². The molecule has 2 N–H and O–H groups in total. The predicted molar refractivity (Wildman–Crippen MR) is 91.4 cm³/mol. The smallest absolute Gasteiger partial charge is 0.290 e. The van der Waals surface area contributed by atoms with Crippen molar-refractivity contribution in [2.45, 2.75) is 38.2 Å². The highest BCUT2D eigenvalue weighted by Gasteiger charge is 2.35. The lowest BCUT2D eigenvalue weighted by molar-refractivity contribution is 0.0248. The summed E-state index contributed by atoms with van der Waals surface area (Å²) < 4.78 is 5.08. The number of carbonyl (C=O) groups excluding carboxylic acids is 1. The van der Waals surface area contributed by atoms with E-state index < -0.39 is 5.60 Å². The standard InChI is InChI=1S/C17H23N5O3/c1-12(2)13-9-14(25-21-13)15(23)20-10-17(24)5-3-8-22(11-17)16-18-6-4-7-19-16/h4,6-7,9,12,24H,3,5,8,10-11H2,1-2H3,(H,20,23)/t17-/m1/s1. The third-order valence-corrected chi connectivity index (χ3v) is 4.31. The minimum Gasteiger partial charge on any atom is -0.386 e. The number of amides is 1. The van der Waals surface area contributed by atoms with Gasteiger partial charge in [-0.2, -0.15) is 0 Å². The number of hydrogen-bond acceptors (Lipinski definition) is 7. The fourth-order valence-corrected chi connectivity index (χ4v) is 2.88. The second-order valence-electron chi connectivity index (χ2n) is 6.75. The molecule has 1 fully saturated rings. The highest BCUT2D eigenvalue weighted by Crippen LogP contribution is 2.23. The monoisotopic (exact) mass is 345 g/mol. The number of β-amino-alcohol motifs (C(OH)–C–C–N with tert-alkyl or cyclic N) is 1. The van der Waals surface area contributed by atoms with Crippen molar-refractivity contribution >= 4 is 11.9 Å². The van der Waals surface area contributed by atoms with Crippen LogP contribution in [-0.2, 0) is 0 Å². The lowest BCUT2D eigenvalue weighted by Crippen LogP contribution is -2.54. The Morgan fingerprint density at radius 3 is 2.88 bits per heavy atom. The molecule has 2 aromatic rings. The molecule has 1 aliphatic rings. The first-order valence-electron chi connectivity index (χ1n) is 8.46. The van der Waals surface area contributed by atoms with Crippen LogP contribution in [-0.4, -0.2) is 51.4 Å². The molecule has 0 unspecified atom stereocenters. The first-order chi connectivity index (χ1) is 12.0. The van der Waals surface area contributed by atoms with E-state index in [1.54, 1.807) is 24.5 Å². The van der Waals surface area contributed by atoms with Crippen molar-refractivity contribution in [2.75, 3.05) is 24.5 Å². The van der Waals surface area contributed by atoms with E-state index in [0.717, 1.165) is 18.7 Å². The number of hydrogen-bond donors (Lipinski definition) is 2. The van der Waals surface area contributed by atoms with Crippen molar-refractivity contribution in [1.82, 2.24) is 20.4 Å². The summed E-state index contributed by atoms with van der Waals surface area (Å²) in [4.78, 5) is 22.6. The van der Waals surface area contributed by atoms with E-state index >= 15 is 0 Å². The molecule has 0 radical (unpaired) electrons. The van der Waals surface area contributed by atoms with Crippen molar-refractivity contribution < 1.29 is 14.4 Å². The number of anilines is 1. The van der Waals surface area contributed by atoms with E-state index in [2.05, 4.69) is 20.4 Å². The van der Waals surface area contributed by atoms with E-state index in [1.165, 1.54) is 0 Å². The van der Waals surface area contributed by atoms with E-state index in [0.29, 0.717) is 18.9 Å². The first kappa shape index (κ1) is 17.3. The van der Waals surface area contributed by atoms with Crippen LogP contribution in [0, 0.1) is 0 Å². The van der Waals surface area contributed by atoms with Gasteiger partial charge in [-0.05, 0) is 24.8 Å². The van der Waals surface area contributed by atoms with Crippen LogP contribution in [0.3, 0.4) is 0 Å². The summed E-state index contributed by atoms with van der Waals surface area (Å²) in [5.41, 5.74) is -0.303. The van der Waals surface area contributed by atoms with Crippen molar-refractivity contribution in [3.8, 4) is 0 Å². The molecule has 8 nitrogen and oxygen atoms in total. The molecule has 0 saturated carbocycles. The molecule has 134 valence electrons. The summed E-state index contributed by atoms with van der Waals surface area (Å²) in [5, 5.41) is 17.5. The number of carbonyl (C=O) groups is 1. The Hall–Kier alpha value is -2.48. The van der Waals surface area contributed by atoms with Crippen molar-refractivity contribution in [1.29, 1.82) is 0 Å². The number of nitrogens with zero attached hydrogens (tertiary/aromatic N) is 4. The van der Waals surface area contributed by atoms with Gasteiger partial charge < -0.3 is 19.8 Å². The van der Waals surface area contributed by atoms with Gasteiger partial charge in [-0.3, -0.25) is 4.79 Å². The van der Waals surface area contributed by atoms with E-state index in [9.17, 15) is 9.90 Å². The summed E-state index contributed by atoms with van der Waals surface area (Å²) in [6.07, 6.45) is 4.75. The molecule has 0 spiro atoms. The van der Waals surface area contributed by atoms with Crippen LogP contribution in [0.1, 0.15) is 48.9 Å². The first-order valence-corrected chi connectivity index (χ1v) is 8.46. The summed E-state index contributed by atoms with van der Waals surface area (Å²) in [5.74, 6) is 0.559. The van der Waals surface area contributed by atoms with Gasteiger partial charge in [0.25, 0.3) is 5.91 Å². The molecule has 1 saturated heterocycles. The Labute approximate surface area is 146 Å². The molecule has 0 aliphatic carbocycles. The maximum atomic E-state index is 12.2. The summed E-state index contributed by atoms with van der Waals surface area (Å²) in [6, 6.07) is 3.39. The van der Waals surface area contributed by atoms with Gasteiger partial charge in [0.05, 0.1) is 17.8 Å². The normalized spacial score (nSPS) is 20.7. The Bertz CT molecular complexity index is 718. The fourth-order valence-electron chi connectivity index (χ4n) is 2.88. The number of aliphatic hydroxyl groups is 1. The van der Waals surface area contributed by atoms with Gasteiger partial charge in [-0.1, -0.05) is 19.0 Å². The van der Waals surface area contributed by atoms with Crippen LogP contribution in [0.15, 0.2) is 29.0 Å². The Morgan fingerprint density at radius 1 is 1.44 bits per heavy atom. The second kappa shape index (κ2) is 7.18. The number of nitrogens with one attached hydrogen (secondary N) is 1. The maximum Gasteiger partial charge on any atom is 0.290 e. The van der Waals surface area contributed by atoms with E-state index in [4.69, 9.17) is 4.52 Å². The molecular formula is C17H23N5O3. The van der Waals surface area contributed by atoms with Crippen molar-refractivity contribution in [3.05, 3.63) is 36.0 Å². The van der Waals surface area contributed by atoms with Gasteiger partial charge in [-0.15, -0.1) is 0 Å². The molecule has 1 aliphatic heterocycles. The van der Waals surface area contributed by atoms with Crippen molar-refractivity contribution in [3.63, 3.8) is 0 Å². The summed E-state index contributed by atoms with van der Waals surface area (Å²) >= 11 is 0. The van der Waals surface area contributed by atoms with Crippen LogP contribution in [0.4, 0.5) is 5.95 Å². The van der Waals surface area contributed by atoms with Gasteiger partial charge in [0, 0.05) is 31.5 Å². The molecule has 3 heterocycles. The molecule has 25 heavy (non-hydrogen) atoms. The highest BCUT2D eigenvalue weighted by molar-refractivity contribution is 5.91. The minimum atomic E-state index is -1.03. The Balaban J connectivity index is 1.60. The molecule has 0 aromatic carbocycles. The van der Waals surface area contributed by atoms with Crippen LogP contribution in [0.2, 0.25) is 0 Å². The number of rotatable bonds is 5. The van der Waals surface area contributed by atoms with Crippen LogP contribution in [0.5, 0.6) is 0 Å².